The highest BCUT2D eigenvalue weighted by molar-refractivity contribution is 5.67. The molecule has 0 heterocycles. The molecule has 0 aliphatic carbocycles. The van der Waals surface area contributed by atoms with E-state index in [1.54, 1.807) is 0 Å². The fraction of sp³-hybridized carbons (Fsp3) is 0.250. The van der Waals surface area contributed by atoms with Crippen LogP contribution in [0.5, 0.6) is 0 Å². The Morgan fingerprint density at radius 2 is 1.62 bits per heavy atom. The van der Waals surface area contributed by atoms with E-state index in [1.807, 2.05) is 0 Å². The molecule has 0 aliphatic heterocycles. The van der Waals surface area contributed by atoms with Crippen molar-refractivity contribution in [2.75, 3.05) is 0 Å². The van der Waals surface area contributed by atoms with E-state index in [0.29, 0.717) is 0 Å². The molecule has 0 N–H and O–H groups in total. The molecule has 0 nitrogen and oxygen atoms in total. The van der Waals surface area contributed by atoms with Gasteiger partial charge in [-0.25, -0.2) is 0 Å². The van der Waals surface area contributed by atoms with Gasteiger partial charge in [-0.1, -0.05) is 62.4 Å². The van der Waals surface area contributed by atoms with Gasteiger partial charge in [-0.2, -0.15) is 0 Å². The molecule has 0 fully saturated rings. The first-order chi connectivity index (χ1) is 7.85. The molecule has 2 rings (SSSR count). The monoisotopic (exact) mass is 210 g/mol. The first-order valence-corrected chi connectivity index (χ1v) is 6.02. The topological polar surface area (TPSA) is 0 Å². The summed E-state index contributed by atoms with van der Waals surface area (Å²) < 4.78 is 0. The summed E-state index contributed by atoms with van der Waals surface area (Å²) in [6.07, 6.45) is 2.19. The fourth-order valence-electron chi connectivity index (χ4n) is 2.07. The first kappa shape index (κ1) is 10.9. The van der Waals surface area contributed by atoms with Gasteiger partial charge in [-0.15, -0.1) is 0 Å². The number of hydrogen-bond acceptors (Lipinski definition) is 0. The van der Waals surface area contributed by atoms with Crippen molar-refractivity contribution in [2.24, 2.45) is 0 Å². The molecule has 0 heteroatoms. The lowest BCUT2D eigenvalue weighted by Crippen LogP contribution is -1.88. The van der Waals surface area contributed by atoms with E-state index in [2.05, 4.69) is 62.4 Å². The Balaban J connectivity index is 2.49. The number of aryl methyl sites for hydroxylation is 2. The van der Waals surface area contributed by atoms with Gasteiger partial charge >= 0.3 is 0 Å². The van der Waals surface area contributed by atoms with Gasteiger partial charge in [0.1, 0.15) is 0 Å². The summed E-state index contributed by atoms with van der Waals surface area (Å²) in [6.45, 7) is 4.41. The van der Waals surface area contributed by atoms with Gasteiger partial charge in [0.2, 0.25) is 0 Å². The molecule has 2 aromatic carbocycles. The van der Waals surface area contributed by atoms with E-state index < -0.39 is 0 Å². The second kappa shape index (κ2) is 4.98. The molecule has 0 atom stereocenters. The van der Waals surface area contributed by atoms with Crippen molar-refractivity contribution in [2.45, 2.75) is 26.7 Å². The maximum atomic E-state index is 2.30. The molecule has 2 aromatic rings. The Labute approximate surface area is 97.9 Å². The lowest BCUT2D eigenvalue weighted by Gasteiger charge is -2.08. The van der Waals surface area contributed by atoms with Crippen LogP contribution in [0.15, 0.2) is 48.5 Å². The highest BCUT2D eigenvalue weighted by Crippen LogP contribution is 2.24. The highest BCUT2D eigenvalue weighted by Gasteiger charge is 2.02. The summed E-state index contributed by atoms with van der Waals surface area (Å²) in [5.74, 6) is 0. The van der Waals surface area contributed by atoms with Crippen LogP contribution in [-0.2, 0) is 12.8 Å². The number of rotatable bonds is 3. The Bertz CT molecular complexity index is 469. The predicted molar refractivity (Wildman–Crippen MR) is 70.6 cm³/mol. The first-order valence-electron chi connectivity index (χ1n) is 6.02. The molecule has 0 amide bonds. The lowest BCUT2D eigenvalue weighted by molar-refractivity contribution is 1.13. The van der Waals surface area contributed by atoms with Crippen molar-refractivity contribution in [3.8, 4) is 11.1 Å². The maximum Gasteiger partial charge on any atom is -0.0152 e. The van der Waals surface area contributed by atoms with Gasteiger partial charge in [0, 0.05) is 0 Å². The quantitative estimate of drug-likeness (QED) is 0.700. The Hall–Kier alpha value is -1.56. The third kappa shape index (κ3) is 2.16. The second-order valence-electron chi connectivity index (χ2n) is 4.06. The average Bonchev–Trinajstić information content (AvgIpc) is 2.38. The molecular formula is C16H18. The summed E-state index contributed by atoms with van der Waals surface area (Å²) in [6, 6.07) is 17.5. The summed E-state index contributed by atoms with van der Waals surface area (Å²) in [5, 5.41) is 0. The minimum atomic E-state index is 1.09. The highest BCUT2D eigenvalue weighted by atomic mass is 14.1. The molecule has 0 saturated heterocycles. The molecule has 0 spiro atoms. The van der Waals surface area contributed by atoms with E-state index >= 15 is 0 Å². The van der Waals surface area contributed by atoms with Gasteiger partial charge in [0.05, 0.1) is 0 Å². The Kier molecular flexibility index (Phi) is 3.40. The fourth-order valence-corrected chi connectivity index (χ4v) is 2.07. The van der Waals surface area contributed by atoms with E-state index in [9.17, 15) is 0 Å². The van der Waals surface area contributed by atoms with Gasteiger partial charge in [-0.3, -0.25) is 0 Å². The second-order valence-corrected chi connectivity index (χ2v) is 4.06. The molecule has 16 heavy (non-hydrogen) atoms. The molecule has 0 radical (unpaired) electrons. The number of benzene rings is 2. The van der Waals surface area contributed by atoms with E-state index in [-0.39, 0.29) is 0 Å². The molecule has 82 valence electrons. The SMILES string of the molecule is CCc1cccc(-c2ccccc2CC)c1. The van der Waals surface area contributed by atoms with Crippen LogP contribution in [0.4, 0.5) is 0 Å². The average molecular weight is 210 g/mol. The van der Waals surface area contributed by atoms with Crippen molar-refractivity contribution in [3.05, 3.63) is 59.7 Å². The van der Waals surface area contributed by atoms with Crippen LogP contribution >= 0.6 is 0 Å². The zero-order valence-electron chi connectivity index (χ0n) is 10.0. The van der Waals surface area contributed by atoms with Gasteiger partial charge in [0.25, 0.3) is 0 Å². The Morgan fingerprint density at radius 3 is 2.38 bits per heavy atom. The van der Waals surface area contributed by atoms with Crippen molar-refractivity contribution in [1.82, 2.24) is 0 Å². The third-order valence-corrected chi connectivity index (χ3v) is 3.04. The van der Waals surface area contributed by atoms with Crippen LogP contribution in [0.25, 0.3) is 11.1 Å². The normalized spacial score (nSPS) is 10.4. The summed E-state index contributed by atoms with van der Waals surface area (Å²) in [4.78, 5) is 0. The van der Waals surface area contributed by atoms with Crippen molar-refractivity contribution < 1.29 is 0 Å². The summed E-state index contributed by atoms with van der Waals surface area (Å²) >= 11 is 0. The summed E-state index contributed by atoms with van der Waals surface area (Å²) in [7, 11) is 0. The van der Waals surface area contributed by atoms with E-state index in [4.69, 9.17) is 0 Å². The third-order valence-electron chi connectivity index (χ3n) is 3.04. The van der Waals surface area contributed by atoms with Crippen LogP contribution in [0.1, 0.15) is 25.0 Å². The molecule has 0 saturated carbocycles. The zero-order chi connectivity index (χ0) is 11.4. The van der Waals surface area contributed by atoms with E-state index in [1.165, 1.54) is 22.3 Å². The van der Waals surface area contributed by atoms with Crippen LogP contribution in [0.3, 0.4) is 0 Å². The van der Waals surface area contributed by atoms with Crippen LogP contribution < -0.4 is 0 Å². The van der Waals surface area contributed by atoms with Gasteiger partial charge in [0.15, 0.2) is 0 Å². The van der Waals surface area contributed by atoms with Crippen molar-refractivity contribution in [3.63, 3.8) is 0 Å². The number of hydrogen-bond donors (Lipinski definition) is 0. The van der Waals surface area contributed by atoms with Crippen molar-refractivity contribution in [1.29, 1.82) is 0 Å². The molecule has 0 bridgehead atoms. The lowest BCUT2D eigenvalue weighted by atomic mass is 9.96. The van der Waals surface area contributed by atoms with Crippen molar-refractivity contribution >= 4 is 0 Å². The van der Waals surface area contributed by atoms with Gasteiger partial charge < -0.3 is 0 Å². The zero-order valence-corrected chi connectivity index (χ0v) is 10.0. The maximum absolute atomic E-state index is 2.30. The Morgan fingerprint density at radius 1 is 0.812 bits per heavy atom. The molecular weight excluding hydrogens is 192 g/mol. The standard InChI is InChI=1S/C16H18/c1-3-13-8-7-10-15(12-13)16-11-6-5-9-14(16)4-2/h5-12H,3-4H2,1-2H3. The smallest absolute Gasteiger partial charge is 0.0152 e. The molecule has 0 unspecified atom stereocenters. The van der Waals surface area contributed by atoms with Crippen LogP contribution in [-0.4, -0.2) is 0 Å². The largest absolute Gasteiger partial charge is 0.0620 e. The predicted octanol–water partition coefficient (Wildman–Crippen LogP) is 4.48. The minimum Gasteiger partial charge on any atom is -0.0620 e. The van der Waals surface area contributed by atoms with Crippen LogP contribution in [0, 0.1) is 0 Å². The van der Waals surface area contributed by atoms with Crippen LogP contribution in [0.2, 0.25) is 0 Å². The molecule has 0 aliphatic rings. The molecule has 0 aromatic heterocycles. The van der Waals surface area contributed by atoms with E-state index in [0.717, 1.165) is 12.8 Å². The minimum absolute atomic E-state index is 1.09. The summed E-state index contributed by atoms with van der Waals surface area (Å²) in [5.41, 5.74) is 5.55. The van der Waals surface area contributed by atoms with Gasteiger partial charge in [-0.05, 0) is 35.1 Å².